The lowest BCUT2D eigenvalue weighted by Gasteiger charge is -2.21. The van der Waals surface area contributed by atoms with E-state index in [4.69, 9.17) is 24.2 Å². The molecule has 0 fully saturated rings. The van der Waals surface area contributed by atoms with E-state index in [0.717, 1.165) is 28.0 Å². The Morgan fingerprint density at radius 1 is 1.06 bits per heavy atom. The number of ether oxygens (including phenoxy) is 3. The van der Waals surface area contributed by atoms with Crippen molar-refractivity contribution >= 4 is 29.0 Å². The van der Waals surface area contributed by atoms with Crippen molar-refractivity contribution < 1.29 is 33.7 Å². The molecule has 186 valence electrons. The topological polar surface area (TPSA) is 116 Å². The number of oxime groups is 1. The third-order valence-corrected chi connectivity index (χ3v) is 5.10. The molecule has 3 rings (SSSR count). The number of nitrogens with zero attached hydrogens (tertiary/aromatic N) is 1. The Bertz CT molecular complexity index is 1160. The van der Waals surface area contributed by atoms with E-state index in [9.17, 15) is 9.59 Å². The van der Waals surface area contributed by atoms with Crippen LogP contribution in [-0.4, -0.2) is 49.3 Å². The fourth-order valence-corrected chi connectivity index (χ4v) is 3.70. The summed E-state index contributed by atoms with van der Waals surface area (Å²) in [6, 6.07) is 11.2. The third kappa shape index (κ3) is 6.75. The molecule has 0 unspecified atom stereocenters. The van der Waals surface area contributed by atoms with E-state index >= 15 is 0 Å². The summed E-state index contributed by atoms with van der Waals surface area (Å²) in [6.45, 7) is 4.83. The summed E-state index contributed by atoms with van der Waals surface area (Å²) in [6.07, 6.45) is 2.39. The number of allylic oxidation sites excluding steroid dienone is 1. The van der Waals surface area contributed by atoms with E-state index in [1.807, 2.05) is 30.3 Å². The predicted molar refractivity (Wildman–Crippen MR) is 132 cm³/mol. The molecule has 1 aliphatic carbocycles. The molecule has 0 saturated carbocycles. The molecular weight excluding hydrogens is 452 g/mol. The van der Waals surface area contributed by atoms with Crippen LogP contribution in [0.5, 0.6) is 11.5 Å². The molecule has 0 heterocycles. The van der Waals surface area contributed by atoms with Gasteiger partial charge in [0.25, 0.3) is 0 Å². The molecule has 0 radical (unpaired) electrons. The number of methoxy groups -OCH3 is 2. The maximum atomic E-state index is 12.4. The molecule has 0 aliphatic heterocycles. The Morgan fingerprint density at radius 3 is 2.46 bits per heavy atom. The monoisotopic (exact) mass is 482 g/mol. The van der Waals surface area contributed by atoms with Crippen molar-refractivity contribution in [1.29, 1.82) is 0 Å². The fraction of sp³-hybridized carbons (Fsp3) is 0.346. The van der Waals surface area contributed by atoms with Crippen LogP contribution < -0.4 is 14.8 Å². The van der Waals surface area contributed by atoms with Gasteiger partial charge in [-0.15, -0.1) is 0 Å². The van der Waals surface area contributed by atoms with E-state index in [1.54, 1.807) is 40.0 Å². The van der Waals surface area contributed by atoms with Crippen LogP contribution in [0.25, 0.3) is 5.57 Å². The van der Waals surface area contributed by atoms with Gasteiger partial charge in [-0.05, 0) is 74.6 Å². The summed E-state index contributed by atoms with van der Waals surface area (Å²) in [5, 5.41) is 15.7. The number of rotatable bonds is 7. The molecule has 35 heavy (non-hydrogen) atoms. The lowest BCUT2D eigenvalue weighted by atomic mass is 9.93. The summed E-state index contributed by atoms with van der Waals surface area (Å²) >= 11 is 0. The van der Waals surface area contributed by atoms with Gasteiger partial charge in [-0.3, -0.25) is 5.32 Å². The number of nitrogens with one attached hydrogen (secondary N) is 1. The van der Waals surface area contributed by atoms with E-state index in [-0.39, 0.29) is 0 Å². The first-order valence-corrected chi connectivity index (χ1v) is 11.1. The lowest BCUT2D eigenvalue weighted by Crippen LogP contribution is -2.27. The molecule has 0 spiro atoms. The zero-order valence-corrected chi connectivity index (χ0v) is 20.5. The van der Waals surface area contributed by atoms with Crippen LogP contribution in [-0.2, 0) is 20.8 Å². The van der Waals surface area contributed by atoms with Crippen molar-refractivity contribution in [3.63, 3.8) is 0 Å². The van der Waals surface area contributed by atoms with E-state index in [0.29, 0.717) is 30.0 Å². The van der Waals surface area contributed by atoms with Crippen LogP contribution in [0.1, 0.15) is 43.9 Å². The Labute approximate surface area is 204 Å². The average molecular weight is 483 g/mol. The summed E-state index contributed by atoms with van der Waals surface area (Å²) < 4.78 is 16.4. The molecule has 0 aromatic heterocycles. The van der Waals surface area contributed by atoms with E-state index in [2.05, 4.69) is 10.5 Å². The van der Waals surface area contributed by atoms with Gasteiger partial charge in [-0.1, -0.05) is 23.4 Å². The predicted octanol–water partition coefficient (Wildman–Crippen LogP) is 4.89. The summed E-state index contributed by atoms with van der Waals surface area (Å²) in [7, 11) is 3.13. The molecule has 1 amide bonds. The molecule has 2 aromatic carbocycles. The number of carbonyl (C=O) groups is 2. The van der Waals surface area contributed by atoms with Crippen LogP contribution >= 0.6 is 0 Å². The molecule has 2 N–H and O–H groups in total. The summed E-state index contributed by atoms with van der Waals surface area (Å²) in [4.78, 5) is 28.3. The second-order valence-corrected chi connectivity index (χ2v) is 8.84. The maximum Gasteiger partial charge on any atom is 0.412 e. The van der Waals surface area contributed by atoms with Crippen LogP contribution in [0.15, 0.2) is 47.6 Å². The SMILES string of the molecule is COc1ccc(C2=CC(=NOCC(=O)O)CCc3c(OC)cccc32)cc1NC(=O)OC(C)(C)C. The van der Waals surface area contributed by atoms with Crippen LogP contribution in [0.4, 0.5) is 10.5 Å². The highest BCUT2D eigenvalue weighted by Crippen LogP contribution is 2.37. The van der Waals surface area contributed by atoms with Crippen molar-refractivity contribution in [1.82, 2.24) is 0 Å². The van der Waals surface area contributed by atoms with Crippen molar-refractivity contribution in [2.24, 2.45) is 5.16 Å². The van der Waals surface area contributed by atoms with E-state index in [1.165, 1.54) is 7.11 Å². The minimum absolute atomic E-state index is 0.439. The van der Waals surface area contributed by atoms with Gasteiger partial charge in [0.05, 0.1) is 25.6 Å². The zero-order valence-electron chi connectivity index (χ0n) is 20.5. The molecular formula is C26H30N2O7. The molecule has 1 aliphatic rings. The number of hydrogen-bond donors (Lipinski definition) is 2. The molecule has 0 atom stereocenters. The maximum absolute atomic E-state index is 12.4. The number of carboxylic acids is 1. The zero-order chi connectivity index (χ0) is 25.6. The second-order valence-electron chi connectivity index (χ2n) is 8.84. The van der Waals surface area contributed by atoms with Gasteiger partial charge in [0.15, 0.2) is 0 Å². The second kappa shape index (κ2) is 10.9. The normalized spacial score (nSPS) is 14.3. The molecule has 9 heteroatoms. The van der Waals surface area contributed by atoms with Gasteiger partial charge in [0.1, 0.15) is 17.1 Å². The van der Waals surface area contributed by atoms with Gasteiger partial charge in [0, 0.05) is 5.56 Å². The Balaban J connectivity index is 2.08. The number of carbonyl (C=O) groups excluding carboxylic acids is 1. The first-order valence-electron chi connectivity index (χ1n) is 11.1. The Morgan fingerprint density at radius 2 is 1.80 bits per heavy atom. The first-order chi connectivity index (χ1) is 16.6. The number of anilines is 1. The number of amides is 1. The number of benzene rings is 2. The molecule has 0 saturated heterocycles. The lowest BCUT2D eigenvalue weighted by molar-refractivity contribution is -0.142. The molecule has 0 bridgehead atoms. The molecule has 9 nitrogen and oxygen atoms in total. The van der Waals surface area contributed by atoms with Gasteiger partial charge in [-0.25, -0.2) is 9.59 Å². The average Bonchev–Trinajstić information content (AvgIpc) is 2.97. The van der Waals surface area contributed by atoms with Crippen molar-refractivity contribution in [3.8, 4) is 11.5 Å². The highest BCUT2D eigenvalue weighted by Gasteiger charge is 2.22. The van der Waals surface area contributed by atoms with E-state index < -0.39 is 24.3 Å². The van der Waals surface area contributed by atoms with Crippen LogP contribution in [0, 0.1) is 0 Å². The van der Waals surface area contributed by atoms with Crippen molar-refractivity contribution in [3.05, 3.63) is 59.2 Å². The summed E-state index contributed by atoms with van der Waals surface area (Å²) in [5.74, 6) is 0.102. The number of carboxylic acid groups (broad SMARTS) is 1. The summed E-state index contributed by atoms with van der Waals surface area (Å²) in [5.41, 5.74) is 3.87. The van der Waals surface area contributed by atoms with Crippen LogP contribution in [0.2, 0.25) is 0 Å². The minimum Gasteiger partial charge on any atom is -0.496 e. The Kier molecular flexibility index (Phi) is 8.01. The standard InChI is InChI=1S/C26H30N2O7/c1-26(2,3)35-25(31)27-21-13-16(9-12-23(21)33-5)20-14-17(28-34-15-24(29)30)10-11-19-18(20)7-6-8-22(19)32-4/h6-9,12-14H,10-11,15H2,1-5H3,(H,27,31)(H,29,30). The quantitative estimate of drug-likeness (QED) is 0.540. The van der Waals surface area contributed by atoms with Crippen molar-refractivity contribution in [2.75, 3.05) is 26.1 Å². The molecule has 2 aromatic rings. The van der Waals surface area contributed by atoms with Gasteiger partial charge >= 0.3 is 12.1 Å². The minimum atomic E-state index is -1.11. The van der Waals surface area contributed by atoms with Crippen molar-refractivity contribution in [2.45, 2.75) is 39.2 Å². The largest absolute Gasteiger partial charge is 0.496 e. The third-order valence-electron chi connectivity index (χ3n) is 5.10. The Hall–Kier alpha value is -4.01. The number of fused-ring (bicyclic) bond motifs is 1. The highest BCUT2D eigenvalue weighted by molar-refractivity contribution is 6.05. The fourth-order valence-electron chi connectivity index (χ4n) is 3.70. The smallest absolute Gasteiger partial charge is 0.412 e. The number of aliphatic carboxylic acids is 1. The van der Waals surface area contributed by atoms with Gasteiger partial charge in [-0.2, -0.15) is 0 Å². The van der Waals surface area contributed by atoms with Gasteiger partial charge < -0.3 is 24.2 Å². The first kappa shape index (κ1) is 25.6. The number of hydrogen-bond acceptors (Lipinski definition) is 7. The van der Waals surface area contributed by atoms with Gasteiger partial charge in [0.2, 0.25) is 6.61 Å². The highest BCUT2D eigenvalue weighted by atomic mass is 16.6. The van der Waals surface area contributed by atoms with Crippen LogP contribution in [0.3, 0.4) is 0 Å².